The molecular weight excluding hydrogens is 256 g/mol. The molecule has 0 aromatic carbocycles. The molecule has 0 saturated carbocycles. The summed E-state index contributed by atoms with van der Waals surface area (Å²) >= 11 is 0. The number of hydrogen-bond donors (Lipinski definition) is 0. The van der Waals surface area contributed by atoms with Crippen molar-refractivity contribution in [2.75, 3.05) is 32.8 Å². The lowest BCUT2D eigenvalue weighted by atomic mass is 10.4. The second kappa shape index (κ2) is 7.06. The second-order valence-electron chi connectivity index (χ2n) is 4.25. The molecule has 0 N–H and O–H groups in total. The van der Waals surface area contributed by atoms with Gasteiger partial charge in [-0.05, 0) is 26.2 Å². The zero-order valence-electron chi connectivity index (χ0n) is 11.1. The van der Waals surface area contributed by atoms with Gasteiger partial charge in [0.05, 0.1) is 6.61 Å². The van der Waals surface area contributed by atoms with Crippen LogP contribution in [-0.2, 0) is 19.7 Å². The van der Waals surface area contributed by atoms with E-state index in [2.05, 4.69) is 0 Å². The minimum atomic E-state index is -3.51. The van der Waals surface area contributed by atoms with Crippen LogP contribution in [0.5, 0.6) is 0 Å². The van der Waals surface area contributed by atoms with E-state index >= 15 is 0 Å². The summed E-state index contributed by atoms with van der Waals surface area (Å²) in [5, 5.41) is 0. The van der Waals surface area contributed by atoms with Crippen LogP contribution >= 0.6 is 0 Å². The van der Waals surface area contributed by atoms with E-state index in [4.69, 9.17) is 4.74 Å². The van der Waals surface area contributed by atoms with E-state index in [0.29, 0.717) is 26.1 Å². The summed E-state index contributed by atoms with van der Waals surface area (Å²) in [7, 11) is -3.51. The van der Waals surface area contributed by atoms with Crippen LogP contribution in [0.15, 0.2) is 0 Å². The first-order chi connectivity index (χ1) is 8.52. The minimum Gasteiger partial charge on any atom is -0.465 e. The lowest BCUT2D eigenvalue weighted by Crippen LogP contribution is -2.45. The van der Waals surface area contributed by atoms with Gasteiger partial charge < -0.3 is 4.74 Å². The molecule has 0 aromatic rings. The fourth-order valence-electron chi connectivity index (χ4n) is 1.96. The summed E-state index contributed by atoms with van der Waals surface area (Å²) in [6.45, 7) is 5.10. The lowest BCUT2D eigenvalue weighted by Gasteiger charge is -2.26. The Kier molecular flexibility index (Phi) is 6.04. The van der Waals surface area contributed by atoms with Crippen molar-refractivity contribution in [2.45, 2.75) is 33.1 Å². The van der Waals surface area contributed by atoms with Gasteiger partial charge in [-0.2, -0.15) is 17.0 Å². The van der Waals surface area contributed by atoms with E-state index in [-0.39, 0.29) is 13.2 Å². The molecule has 0 unspecified atom stereocenters. The van der Waals surface area contributed by atoms with Crippen molar-refractivity contribution in [1.82, 2.24) is 8.61 Å². The molecule has 0 aliphatic carbocycles. The van der Waals surface area contributed by atoms with Gasteiger partial charge in [0.1, 0.15) is 6.54 Å². The molecule has 18 heavy (non-hydrogen) atoms. The molecule has 106 valence electrons. The standard InChI is InChI=1S/C11H22N2O4S/c1-3-7-13(10-11(14)17-4-2)18(15,16)12-8-5-6-9-12/h3-10H2,1-2H3. The van der Waals surface area contributed by atoms with Gasteiger partial charge in [0, 0.05) is 19.6 Å². The number of esters is 1. The number of nitrogens with zero attached hydrogens (tertiary/aromatic N) is 2. The molecule has 0 aromatic heterocycles. The first-order valence-corrected chi connectivity index (χ1v) is 7.83. The van der Waals surface area contributed by atoms with Crippen LogP contribution in [-0.4, -0.2) is 55.8 Å². The average molecular weight is 278 g/mol. The van der Waals surface area contributed by atoms with Crippen molar-refractivity contribution in [3.05, 3.63) is 0 Å². The molecule has 0 atom stereocenters. The topological polar surface area (TPSA) is 66.9 Å². The van der Waals surface area contributed by atoms with Crippen molar-refractivity contribution < 1.29 is 17.9 Å². The molecule has 0 spiro atoms. The third kappa shape index (κ3) is 3.93. The second-order valence-corrected chi connectivity index (χ2v) is 6.18. The van der Waals surface area contributed by atoms with Gasteiger partial charge in [0.2, 0.25) is 0 Å². The van der Waals surface area contributed by atoms with Gasteiger partial charge in [0.15, 0.2) is 0 Å². The van der Waals surface area contributed by atoms with E-state index in [9.17, 15) is 13.2 Å². The van der Waals surface area contributed by atoms with E-state index in [1.54, 1.807) is 6.92 Å². The van der Waals surface area contributed by atoms with Gasteiger partial charge in [0.25, 0.3) is 10.2 Å². The van der Waals surface area contributed by atoms with Crippen molar-refractivity contribution >= 4 is 16.2 Å². The highest BCUT2D eigenvalue weighted by Crippen LogP contribution is 2.16. The molecule has 1 heterocycles. The van der Waals surface area contributed by atoms with Gasteiger partial charge >= 0.3 is 5.97 Å². The third-order valence-electron chi connectivity index (χ3n) is 2.80. The summed E-state index contributed by atoms with van der Waals surface area (Å²) in [6, 6.07) is 0. The van der Waals surface area contributed by atoms with E-state index in [0.717, 1.165) is 12.8 Å². The first kappa shape index (κ1) is 15.4. The van der Waals surface area contributed by atoms with Crippen molar-refractivity contribution in [1.29, 1.82) is 0 Å². The molecule has 0 radical (unpaired) electrons. The summed E-state index contributed by atoms with van der Waals surface area (Å²) in [5.41, 5.74) is 0. The summed E-state index contributed by atoms with van der Waals surface area (Å²) < 4.78 is 32.1. The van der Waals surface area contributed by atoms with Gasteiger partial charge in [-0.3, -0.25) is 4.79 Å². The number of rotatable bonds is 7. The van der Waals surface area contributed by atoms with Gasteiger partial charge in [-0.15, -0.1) is 0 Å². The maximum absolute atomic E-state index is 12.3. The van der Waals surface area contributed by atoms with Crippen LogP contribution in [0.25, 0.3) is 0 Å². The maximum atomic E-state index is 12.3. The quantitative estimate of drug-likeness (QED) is 0.640. The molecule has 7 heteroatoms. The Bertz CT molecular complexity index is 363. The Labute approximate surface area is 109 Å². The van der Waals surface area contributed by atoms with Crippen LogP contribution in [0.2, 0.25) is 0 Å². The molecule has 6 nitrogen and oxygen atoms in total. The summed E-state index contributed by atoms with van der Waals surface area (Å²) in [4.78, 5) is 11.4. The highest BCUT2D eigenvalue weighted by atomic mass is 32.2. The van der Waals surface area contributed by atoms with Crippen LogP contribution in [0, 0.1) is 0 Å². The van der Waals surface area contributed by atoms with Crippen LogP contribution < -0.4 is 0 Å². The summed E-state index contributed by atoms with van der Waals surface area (Å²) in [6.07, 6.45) is 2.45. The Hall–Kier alpha value is -0.660. The highest BCUT2D eigenvalue weighted by Gasteiger charge is 2.32. The zero-order chi connectivity index (χ0) is 13.6. The molecule has 1 aliphatic heterocycles. The predicted molar refractivity (Wildman–Crippen MR) is 68.2 cm³/mol. The van der Waals surface area contributed by atoms with Crippen LogP contribution in [0.4, 0.5) is 0 Å². The summed E-state index contributed by atoms with van der Waals surface area (Å²) in [5.74, 6) is -0.492. The predicted octanol–water partition coefficient (Wildman–Crippen LogP) is 0.602. The third-order valence-corrected chi connectivity index (χ3v) is 4.78. The largest absolute Gasteiger partial charge is 0.465 e. The SMILES string of the molecule is CCCN(CC(=O)OCC)S(=O)(=O)N1CCCC1. The Morgan fingerprint density at radius 2 is 1.89 bits per heavy atom. The molecule has 0 amide bonds. The van der Waals surface area contributed by atoms with Crippen LogP contribution in [0.3, 0.4) is 0 Å². The molecule has 1 rings (SSSR count). The lowest BCUT2D eigenvalue weighted by molar-refractivity contribution is -0.143. The fraction of sp³-hybridized carbons (Fsp3) is 0.909. The number of carbonyl (C=O) groups excluding carboxylic acids is 1. The van der Waals surface area contributed by atoms with Crippen molar-refractivity contribution in [3.63, 3.8) is 0 Å². The Morgan fingerprint density at radius 1 is 1.28 bits per heavy atom. The molecule has 1 saturated heterocycles. The van der Waals surface area contributed by atoms with E-state index in [1.165, 1.54) is 8.61 Å². The van der Waals surface area contributed by atoms with Crippen LogP contribution in [0.1, 0.15) is 33.1 Å². The van der Waals surface area contributed by atoms with Crippen molar-refractivity contribution in [2.24, 2.45) is 0 Å². The Balaban J connectivity index is 2.73. The minimum absolute atomic E-state index is 0.194. The van der Waals surface area contributed by atoms with Gasteiger partial charge in [-0.1, -0.05) is 6.92 Å². The monoisotopic (exact) mass is 278 g/mol. The van der Waals surface area contributed by atoms with E-state index < -0.39 is 16.2 Å². The van der Waals surface area contributed by atoms with Crippen molar-refractivity contribution in [3.8, 4) is 0 Å². The molecule has 1 aliphatic rings. The number of ether oxygens (including phenoxy) is 1. The number of carbonyl (C=O) groups is 1. The molecule has 1 fully saturated rings. The fourth-order valence-corrected chi connectivity index (χ4v) is 3.69. The number of hydrogen-bond acceptors (Lipinski definition) is 4. The smallest absolute Gasteiger partial charge is 0.321 e. The zero-order valence-corrected chi connectivity index (χ0v) is 11.9. The highest BCUT2D eigenvalue weighted by molar-refractivity contribution is 7.86. The Morgan fingerprint density at radius 3 is 2.39 bits per heavy atom. The average Bonchev–Trinajstić information content (AvgIpc) is 2.82. The van der Waals surface area contributed by atoms with Gasteiger partial charge in [-0.25, -0.2) is 0 Å². The maximum Gasteiger partial charge on any atom is 0.321 e. The normalized spacial score (nSPS) is 17.3. The molecular formula is C11H22N2O4S. The molecule has 0 bridgehead atoms. The van der Waals surface area contributed by atoms with E-state index in [1.807, 2.05) is 6.92 Å². The first-order valence-electron chi connectivity index (χ1n) is 6.43.